The molecule has 0 saturated carbocycles. The molecule has 3 heterocycles. The Kier molecular flexibility index (Phi) is 5.80. The molecule has 8 nitrogen and oxygen atoms in total. The van der Waals surface area contributed by atoms with E-state index in [-0.39, 0.29) is 18.0 Å². The number of hydrogen-bond acceptors (Lipinski definition) is 4. The van der Waals surface area contributed by atoms with E-state index in [4.69, 9.17) is 0 Å². The van der Waals surface area contributed by atoms with Crippen LogP contribution in [0.2, 0.25) is 0 Å². The Labute approximate surface area is 170 Å². The first-order valence-corrected chi connectivity index (χ1v) is 10.3. The molecule has 0 unspecified atom stereocenters. The van der Waals surface area contributed by atoms with E-state index < -0.39 is 5.54 Å². The SMILES string of the molecule is O=C(Nc1ccccc1)NC1CCN(C(=O)C2(n3cccn3)CCNCC2)CC1. The summed E-state index contributed by atoms with van der Waals surface area (Å²) < 4.78 is 1.84. The molecule has 0 aliphatic carbocycles. The van der Waals surface area contributed by atoms with Gasteiger partial charge in [-0.1, -0.05) is 18.2 Å². The summed E-state index contributed by atoms with van der Waals surface area (Å²) in [5, 5.41) is 13.6. The number of carbonyl (C=O) groups excluding carboxylic acids is 2. The smallest absolute Gasteiger partial charge is 0.319 e. The number of para-hydroxylation sites is 1. The van der Waals surface area contributed by atoms with Gasteiger partial charge >= 0.3 is 6.03 Å². The van der Waals surface area contributed by atoms with E-state index in [1.54, 1.807) is 6.20 Å². The molecule has 1 aromatic heterocycles. The van der Waals surface area contributed by atoms with Gasteiger partial charge in [-0.05, 0) is 57.0 Å². The van der Waals surface area contributed by atoms with Crippen molar-refractivity contribution in [2.75, 3.05) is 31.5 Å². The molecule has 2 fully saturated rings. The maximum absolute atomic E-state index is 13.5. The van der Waals surface area contributed by atoms with Crippen LogP contribution in [0.15, 0.2) is 48.8 Å². The van der Waals surface area contributed by atoms with Crippen LogP contribution in [0.25, 0.3) is 0 Å². The van der Waals surface area contributed by atoms with Crippen LogP contribution in [0, 0.1) is 0 Å². The fraction of sp³-hybridized carbons (Fsp3) is 0.476. The summed E-state index contributed by atoms with van der Waals surface area (Å²) in [6.07, 6.45) is 6.61. The van der Waals surface area contributed by atoms with E-state index in [0.29, 0.717) is 13.1 Å². The van der Waals surface area contributed by atoms with Crippen molar-refractivity contribution in [1.82, 2.24) is 25.3 Å². The van der Waals surface area contributed by atoms with Gasteiger partial charge in [0.05, 0.1) is 0 Å². The van der Waals surface area contributed by atoms with Gasteiger partial charge in [-0.3, -0.25) is 9.48 Å². The van der Waals surface area contributed by atoms with E-state index in [1.807, 2.05) is 52.2 Å². The number of piperidine rings is 2. The second-order valence-electron chi connectivity index (χ2n) is 7.76. The van der Waals surface area contributed by atoms with Gasteiger partial charge in [0.1, 0.15) is 5.54 Å². The normalized spacial score (nSPS) is 19.5. The lowest BCUT2D eigenvalue weighted by Gasteiger charge is -2.42. The van der Waals surface area contributed by atoms with Crippen molar-refractivity contribution in [3.8, 4) is 0 Å². The number of hydrogen-bond donors (Lipinski definition) is 3. The number of anilines is 1. The second kappa shape index (κ2) is 8.65. The number of carbonyl (C=O) groups is 2. The van der Waals surface area contributed by atoms with Crippen LogP contribution in [-0.4, -0.2) is 58.8 Å². The third-order valence-electron chi connectivity index (χ3n) is 5.92. The van der Waals surface area contributed by atoms with Gasteiger partial charge in [0, 0.05) is 37.2 Å². The number of nitrogens with zero attached hydrogens (tertiary/aromatic N) is 3. The van der Waals surface area contributed by atoms with E-state index in [2.05, 4.69) is 21.0 Å². The molecule has 0 atom stereocenters. The maximum atomic E-state index is 13.5. The molecule has 154 valence electrons. The minimum atomic E-state index is -0.598. The summed E-state index contributed by atoms with van der Waals surface area (Å²) in [7, 11) is 0. The number of benzene rings is 1. The van der Waals surface area contributed by atoms with Crippen molar-refractivity contribution in [3.63, 3.8) is 0 Å². The summed E-state index contributed by atoms with van der Waals surface area (Å²) in [5.74, 6) is 0.148. The van der Waals surface area contributed by atoms with Crippen LogP contribution < -0.4 is 16.0 Å². The summed E-state index contributed by atoms with van der Waals surface area (Å²) in [6.45, 7) is 2.91. The maximum Gasteiger partial charge on any atom is 0.319 e. The molecule has 1 aromatic carbocycles. The first-order valence-electron chi connectivity index (χ1n) is 10.3. The van der Waals surface area contributed by atoms with Crippen LogP contribution in [0.5, 0.6) is 0 Å². The first-order chi connectivity index (χ1) is 14.2. The Morgan fingerprint density at radius 2 is 1.79 bits per heavy atom. The van der Waals surface area contributed by atoms with Crippen molar-refractivity contribution in [2.24, 2.45) is 0 Å². The summed E-state index contributed by atoms with van der Waals surface area (Å²) >= 11 is 0. The third-order valence-corrected chi connectivity index (χ3v) is 5.92. The molecule has 3 amide bonds. The monoisotopic (exact) mass is 396 g/mol. The second-order valence-corrected chi connectivity index (χ2v) is 7.76. The Balaban J connectivity index is 1.34. The average molecular weight is 396 g/mol. The van der Waals surface area contributed by atoms with E-state index in [1.165, 1.54) is 0 Å². The Hall–Kier alpha value is -2.87. The van der Waals surface area contributed by atoms with Crippen molar-refractivity contribution in [3.05, 3.63) is 48.8 Å². The van der Waals surface area contributed by atoms with Gasteiger partial charge in [-0.15, -0.1) is 0 Å². The van der Waals surface area contributed by atoms with Gasteiger partial charge in [-0.2, -0.15) is 5.10 Å². The number of amides is 3. The molecular formula is C21H28N6O2. The largest absolute Gasteiger partial charge is 0.340 e. The lowest BCUT2D eigenvalue weighted by molar-refractivity contribution is -0.144. The van der Waals surface area contributed by atoms with E-state index in [0.717, 1.165) is 44.5 Å². The molecule has 2 saturated heterocycles. The first kappa shape index (κ1) is 19.4. The molecule has 4 rings (SSSR count). The standard InChI is InChI=1S/C21H28N6O2/c28-19(21(9-12-22-13-10-21)27-14-4-11-23-27)26-15-7-18(8-16-26)25-20(29)24-17-5-2-1-3-6-17/h1-6,11,14,18,22H,7-10,12-13,15-16H2,(H2,24,25,29). The predicted octanol–water partition coefficient (Wildman–Crippen LogP) is 1.77. The number of rotatable bonds is 4. The Morgan fingerprint density at radius 1 is 1.07 bits per heavy atom. The van der Waals surface area contributed by atoms with Crippen LogP contribution in [0.4, 0.5) is 10.5 Å². The van der Waals surface area contributed by atoms with Gasteiger partial charge < -0.3 is 20.9 Å². The number of likely N-dealkylation sites (tertiary alicyclic amines) is 1. The Bertz CT molecular complexity index is 809. The van der Waals surface area contributed by atoms with Crippen molar-refractivity contribution in [1.29, 1.82) is 0 Å². The number of nitrogens with one attached hydrogen (secondary N) is 3. The van der Waals surface area contributed by atoms with Crippen LogP contribution in [0.1, 0.15) is 25.7 Å². The number of aromatic nitrogens is 2. The molecule has 29 heavy (non-hydrogen) atoms. The van der Waals surface area contributed by atoms with E-state index in [9.17, 15) is 9.59 Å². The highest BCUT2D eigenvalue weighted by Crippen LogP contribution is 2.30. The minimum Gasteiger partial charge on any atom is -0.340 e. The summed E-state index contributed by atoms with van der Waals surface area (Å²) in [4.78, 5) is 27.7. The van der Waals surface area contributed by atoms with Crippen LogP contribution >= 0.6 is 0 Å². The van der Waals surface area contributed by atoms with Crippen molar-refractivity contribution < 1.29 is 9.59 Å². The van der Waals surface area contributed by atoms with Gasteiger partial charge in [0.2, 0.25) is 0 Å². The van der Waals surface area contributed by atoms with Crippen molar-refractivity contribution >= 4 is 17.6 Å². The summed E-state index contributed by atoms with van der Waals surface area (Å²) in [5.41, 5.74) is 0.171. The predicted molar refractivity (Wildman–Crippen MR) is 111 cm³/mol. The van der Waals surface area contributed by atoms with E-state index >= 15 is 0 Å². The zero-order valence-electron chi connectivity index (χ0n) is 16.5. The lowest BCUT2D eigenvalue weighted by Crippen LogP contribution is -2.58. The highest BCUT2D eigenvalue weighted by Gasteiger charge is 2.45. The molecule has 3 N–H and O–H groups in total. The highest BCUT2D eigenvalue weighted by atomic mass is 16.2. The van der Waals surface area contributed by atoms with Crippen molar-refractivity contribution in [2.45, 2.75) is 37.3 Å². The van der Waals surface area contributed by atoms with Crippen LogP contribution in [0.3, 0.4) is 0 Å². The van der Waals surface area contributed by atoms with Gasteiger partial charge in [0.25, 0.3) is 5.91 Å². The van der Waals surface area contributed by atoms with Gasteiger partial charge in [0.15, 0.2) is 0 Å². The molecule has 2 aromatic rings. The zero-order chi connectivity index (χ0) is 20.1. The fourth-order valence-corrected chi connectivity index (χ4v) is 4.30. The Morgan fingerprint density at radius 3 is 2.45 bits per heavy atom. The highest BCUT2D eigenvalue weighted by molar-refractivity contribution is 5.89. The zero-order valence-corrected chi connectivity index (χ0v) is 16.5. The lowest BCUT2D eigenvalue weighted by atomic mass is 9.86. The fourth-order valence-electron chi connectivity index (χ4n) is 4.30. The average Bonchev–Trinajstić information content (AvgIpc) is 3.30. The number of urea groups is 1. The molecule has 0 bridgehead atoms. The molecular weight excluding hydrogens is 368 g/mol. The molecule has 0 spiro atoms. The molecule has 8 heteroatoms. The molecule has 2 aliphatic rings. The third kappa shape index (κ3) is 4.27. The quantitative estimate of drug-likeness (QED) is 0.735. The summed E-state index contributed by atoms with van der Waals surface area (Å²) in [6, 6.07) is 11.1. The van der Waals surface area contributed by atoms with Crippen LogP contribution in [-0.2, 0) is 10.3 Å². The minimum absolute atomic E-state index is 0.0661. The molecule has 0 radical (unpaired) electrons. The van der Waals surface area contributed by atoms with Gasteiger partial charge in [-0.25, -0.2) is 4.79 Å². The molecule has 2 aliphatic heterocycles. The topological polar surface area (TPSA) is 91.3 Å².